The van der Waals surface area contributed by atoms with Gasteiger partial charge in [-0.15, -0.1) is 0 Å². The molecule has 0 aromatic carbocycles. The van der Waals surface area contributed by atoms with Gasteiger partial charge in [-0.05, 0) is 31.3 Å². The average molecular weight is 306 g/mol. The van der Waals surface area contributed by atoms with Crippen molar-refractivity contribution >= 4 is 23.8 Å². The third kappa shape index (κ3) is 10.9. The molecule has 0 bridgehead atoms. The molecule has 0 aromatic rings. The zero-order chi connectivity index (χ0) is 15.2. The number of ether oxygens (including phenoxy) is 1. The van der Waals surface area contributed by atoms with Gasteiger partial charge in [0.15, 0.2) is 0 Å². The molecule has 0 aliphatic carbocycles. The normalized spacial score (nSPS) is 11.9. The van der Waals surface area contributed by atoms with Crippen LogP contribution < -0.4 is 10.6 Å². The number of thioether (sulfide) groups is 1. The number of hydrogen-bond donors (Lipinski definition) is 3. The minimum atomic E-state index is -1.00. The van der Waals surface area contributed by atoms with Crippen molar-refractivity contribution in [1.82, 2.24) is 10.6 Å². The number of carbonyl (C=O) groups is 2. The van der Waals surface area contributed by atoms with Crippen LogP contribution in [0.15, 0.2) is 0 Å². The molecular formula is C13H26N2O4S. The highest BCUT2D eigenvalue weighted by atomic mass is 32.2. The van der Waals surface area contributed by atoms with Crippen LogP contribution in [0.1, 0.15) is 32.6 Å². The molecule has 0 saturated heterocycles. The van der Waals surface area contributed by atoms with Crippen LogP contribution in [0.25, 0.3) is 0 Å². The lowest BCUT2D eigenvalue weighted by Crippen LogP contribution is -2.46. The summed E-state index contributed by atoms with van der Waals surface area (Å²) in [5, 5.41) is 14.1. The van der Waals surface area contributed by atoms with Crippen molar-refractivity contribution in [3.63, 3.8) is 0 Å². The Bertz CT molecular complexity index is 277. The molecule has 0 spiro atoms. The first-order valence-electron chi connectivity index (χ1n) is 6.95. The standard InChI is InChI=1S/C13H26N2O4S/c1-3-4-8-19-9-5-7-14-13(18)15-11(12(16)17)6-10-20-2/h11H,3-10H2,1-2H3,(H,16,17)(H2,14,15,18)/t11-/m1/s1. The van der Waals surface area contributed by atoms with Gasteiger partial charge in [-0.3, -0.25) is 0 Å². The third-order valence-electron chi connectivity index (χ3n) is 2.61. The summed E-state index contributed by atoms with van der Waals surface area (Å²) in [5.41, 5.74) is 0. The zero-order valence-electron chi connectivity index (χ0n) is 12.3. The Hall–Kier alpha value is -0.950. The van der Waals surface area contributed by atoms with Gasteiger partial charge in [-0.25, -0.2) is 9.59 Å². The van der Waals surface area contributed by atoms with Crippen LogP contribution in [0.3, 0.4) is 0 Å². The maximum atomic E-state index is 11.5. The second-order valence-electron chi connectivity index (χ2n) is 4.39. The number of rotatable bonds is 12. The topological polar surface area (TPSA) is 87.7 Å². The highest BCUT2D eigenvalue weighted by Gasteiger charge is 2.18. The molecular weight excluding hydrogens is 280 g/mol. The third-order valence-corrected chi connectivity index (χ3v) is 3.25. The zero-order valence-corrected chi connectivity index (χ0v) is 13.1. The Morgan fingerprint density at radius 2 is 2.00 bits per heavy atom. The molecule has 0 heterocycles. The van der Waals surface area contributed by atoms with E-state index in [0.29, 0.717) is 25.3 Å². The van der Waals surface area contributed by atoms with Crippen molar-refractivity contribution in [1.29, 1.82) is 0 Å². The van der Waals surface area contributed by atoms with E-state index in [9.17, 15) is 9.59 Å². The fourth-order valence-corrected chi connectivity index (χ4v) is 1.90. The molecule has 0 rings (SSSR count). The number of amides is 2. The number of aliphatic carboxylic acids is 1. The van der Waals surface area contributed by atoms with E-state index < -0.39 is 18.0 Å². The Morgan fingerprint density at radius 1 is 1.30 bits per heavy atom. The molecule has 6 nitrogen and oxygen atoms in total. The Labute approximate surface area is 125 Å². The van der Waals surface area contributed by atoms with Crippen molar-refractivity contribution in [2.45, 2.75) is 38.6 Å². The first kappa shape index (κ1) is 19.1. The minimum Gasteiger partial charge on any atom is -0.480 e. The molecule has 2 amide bonds. The van der Waals surface area contributed by atoms with E-state index in [0.717, 1.165) is 25.9 Å². The Morgan fingerprint density at radius 3 is 2.60 bits per heavy atom. The Balaban J connectivity index is 3.66. The molecule has 3 N–H and O–H groups in total. The maximum Gasteiger partial charge on any atom is 0.326 e. The fourth-order valence-electron chi connectivity index (χ4n) is 1.43. The SMILES string of the molecule is CCCCOCCCNC(=O)N[C@H](CCSC)C(=O)O. The quantitative estimate of drug-likeness (QED) is 0.478. The Kier molecular flexibility index (Phi) is 12.4. The van der Waals surface area contributed by atoms with Crippen LogP contribution in [0.4, 0.5) is 4.79 Å². The summed E-state index contributed by atoms with van der Waals surface area (Å²) < 4.78 is 5.36. The van der Waals surface area contributed by atoms with Crippen molar-refractivity contribution < 1.29 is 19.4 Å². The summed E-state index contributed by atoms with van der Waals surface area (Å²) in [6.45, 7) is 3.94. The first-order chi connectivity index (χ1) is 9.61. The summed E-state index contributed by atoms with van der Waals surface area (Å²) in [4.78, 5) is 22.5. The highest BCUT2D eigenvalue weighted by Crippen LogP contribution is 2.00. The van der Waals surface area contributed by atoms with E-state index in [1.807, 2.05) is 6.26 Å². The van der Waals surface area contributed by atoms with E-state index in [1.54, 1.807) is 11.8 Å². The van der Waals surface area contributed by atoms with Crippen LogP contribution in [0.2, 0.25) is 0 Å². The van der Waals surface area contributed by atoms with Crippen LogP contribution in [0, 0.1) is 0 Å². The summed E-state index contributed by atoms with van der Waals surface area (Å²) in [7, 11) is 0. The molecule has 7 heteroatoms. The van der Waals surface area contributed by atoms with E-state index in [4.69, 9.17) is 9.84 Å². The molecule has 0 unspecified atom stereocenters. The number of carbonyl (C=O) groups excluding carboxylic acids is 1. The highest BCUT2D eigenvalue weighted by molar-refractivity contribution is 7.98. The van der Waals surface area contributed by atoms with Crippen molar-refractivity contribution in [3.8, 4) is 0 Å². The summed E-state index contributed by atoms with van der Waals surface area (Å²) in [6.07, 6.45) is 5.19. The van der Waals surface area contributed by atoms with Gasteiger partial charge in [0.2, 0.25) is 0 Å². The van der Waals surface area contributed by atoms with Gasteiger partial charge in [-0.2, -0.15) is 11.8 Å². The van der Waals surface area contributed by atoms with Gasteiger partial charge in [-0.1, -0.05) is 13.3 Å². The summed E-state index contributed by atoms with van der Waals surface area (Å²) in [5.74, 6) is -0.306. The predicted octanol–water partition coefficient (Wildman–Crippen LogP) is 1.70. The molecule has 0 fully saturated rings. The second-order valence-corrected chi connectivity index (χ2v) is 5.38. The first-order valence-corrected chi connectivity index (χ1v) is 8.35. The molecule has 0 aliphatic rings. The molecule has 0 aliphatic heterocycles. The van der Waals surface area contributed by atoms with Crippen molar-refractivity contribution in [2.75, 3.05) is 31.8 Å². The lowest BCUT2D eigenvalue weighted by atomic mass is 10.2. The fraction of sp³-hybridized carbons (Fsp3) is 0.846. The molecule has 20 heavy (non-hydrogen) atoms. The molecule has 1 atom stereocenters. The van der Waals surface area contributed by atoms with Crippen LogP contribution in [-0.2, 0) is 9.53 Å². The van der Waals surface area contributed by atoms with Crippen molar-refractivity contribution in [3.05, 3.63) is 0 Å². The average Bonchev–Trinajstić information content (AvgIpc) is 2.42. The lowest BCUT2D eigenvalue weighted by Gasteiger charge is -2.14. The van der Waals surface area contributed by atoms with Gasteiger partial charge < -0.3 is 20.5 Å². The molecule has 0 radical (unpaired) electrons. The van der Waals surface area contributed by atoms with Crippen LogP contribution in [-0.4, -0.2) is 54.9 Å². The predicted molar refractivity (Wildman–Crippen MR) is 81.3 cm³/mol. The number of carboxylic acids is 1. The van der Waals surface area contributed by atoms with Gasteiger partial charge in [0.05, 0.1) is 0 Å². The van der Waals surface area contributed by atoms with Crippen molar-refractivity contribution in [2.24, 2.45) is 0 Å². The number of nitrogens with one attached hydrogen (secondary N) is 2. The molecule has 0 aromatic heterocycles. The van der Waals surface area contributed by atoms with Crippen LogP contribution >= 0.6 is 11.8 Å². The van der Waals surface area contributed by atoms with Gasteiger partial charge in [0.25, 0.3) is 0 Å². The number of carboxylic acid groups (broad SMARTS) is 1. The molecule has 0 saturated carbocycles. The second kappa shape index (κ2) is 13.1. The lowest BCUT2D eigenvalue weighted by molar-refractivity contribution is -0.139. The maximum absolute atomic E-state index is 11.5. The monoisotopic (exact) mass is 306 g/mol. The molecule has 118 valence electrons. The van der Waals surface area contributed by atoms with Gasteiger partial charge >= 0.3 is 12.0 Å². The number of urea groups is 1. The summed E-state index contributed by atoms with van der Waals surface area (Å²) >= 11 is 1.55. The number of hydrogen-bond acceptors (Lipinski definition) is 4. The number of unbranched alkanes of at least 4 members (excludes halogenated alkanes) is 1. The largest absolute Gasteiger partial charge is 0.480 e. The summed E-state index contributed by atoms with van der Waals surface area (Å²) in [6, 6.07) is -1.27. The smallest absolute Gasteiger partial charge is 0.326 e. The van der Waals surface area contributed by atoms with E-state index in [2.05, 4.69) is 17.6 Å². The van der Waals surface area contributed by atoms with E-state index in [-0.39, 0.29) is 0 Å². The van der Waals surface area contributed by atoms with E-state index >= 15 is 0 Å². The minimum absolute atomic E-state index is 0.421. The van der Waals surface area contributed by atoms with E-state index in [1.165, 1.54) is 0 Å². The van der Waals surface area contributed by atoms with Crippen LogP contribution in [0.5, 0.6) is 0 Å². The van der Waals surface area contributed by atoms with Gasteiger partial charge in [0, 0.05) is 19.8 Å². The van der Waals surface area contributed by atoms with Gasteiger partial charge in [0.1, 0.15) is 6.04 Å².